The lowest BCUT2D eigenvalue weighted by Gasteiger charge is -2.21. The second-order valence-corrected chi connectivity index (χ2v) is 9.21. The van der Waals surface area contributed by atoms with Gasteiger partial charge in [0.25, 0.3) is 5.91 Å². The first-order chi connectivity index (χ1) is 15.3. The van der Waals surface area contributed by atoms with Crippen molar-refractivity contribution in [2.75, 3.05) is 11.1 Å². The molecule has 2 aromatic carbocycles. The molecular formula is C22H23Cl2N5O2S. The van der Waals surface area contributed by atoms with Crippen molar-refractivity contribution in [1.29, 1.82) is 0 Å². The van der Waals surface area contributed by atoms with Crippen LogP contribution in [-0.2, 0) is 11.8 Å². The number of carbonyl (C=O) groups excluding carboxylic acids is 2. The Bertz CT molecular complexity index is 1100. The van der Waals surface area contributed by atoms with Crippen LogP contribution in [0.5, 0.6) is 0 Å². The topological polar surface area (TPSA) is 88.9 Å². The van der Waals surface area contributed by atoms with Crippen LogP contribution in [0.1, 0.15) is 36.1 Å². The molecule has 1 heterocycles. The smallest absolute Gasteiger partial charge is 0.251 e. The predicted octanol–water partition coefficient (Wildman–Crippen LogP) is 4.98. The van der Waals surface area contributed by atoms with Crippen molar-refractivity contribution < 1.29 is 9.59 Å². The van der Waals surface area contributed by atoms with E-state index in [4.69, 9.17) is 23.2 Å². The number of benzene rings is 2. The minimum Gasteiger partial charge on any atom is -0.342 e. The highest BCUT2D eigenvalue weighted by Gasteiger charge is 2.25. The highest BCUT2D eigenvalue weighted by molar-refractivity contribution is 7.99. The summed E-state index contributed by atoms with van der Waals surface area (Å²) in [5.41, 5.74) is 1.03. The molecule has 0 aliphatic heterocycles. The van der Waals surface area contributed by atoms with Crippen molar-refractivity contribution >= 4 is 52.5 Å². The average Bonchev–Trinajstić information content (AvgIpc) is 3.13. The van der Waals surface area contributed by atoms with Crippen LogP contribution in [0.3, 0.4) is 0 Å². The van der Waals surface area contributed by atoms with Gasteiger partial charge in [0.1, 0.15) is 0 Å². The molecule has 0 aliphatic carbocycles. The number of carbonyl (C=O) groups is 2. The molecule has 32 heavy (non-hydrogen) atoms. The minimum atomic E-state index is -0.339. The Hall–Kier alpha value is -2.55. The van der Waals surface area contributed by atoms with E-state index < -0.39 is 0 Å². The molecule has 3 aromatic rings. The Kier molecular flexibility index (Phi) is 8.17. The quantitative estimate of drug-likeness (QED) is 0.433. The molecule has 1 atom stereocenters. The third-order valence-electron chi connectivity index (χ3n) is 4.67. The van der Waals surface area contributed by atoms with Crippen molar-refractivity contribution in [2.45, 2.75) is 25.0 Å². The van der Waals surface area contributed by atoms with Crippen LogP contribution in [-0.4, -0.2) is 32.3 Å². The number of rotatable bonds is 8. The maximum absolute atomic E-state index is 12.6. The summed E-state index contributed by atoms with van der Waals surface area (Å²) in [5.74, 6) is 0.375. The van der Waals surface area contributed by atoms with Crippen LogP contribution in [0, 0.1) is 5.92 Å². The third kappa shape index (κ3) is 6.03. The molecule has 3 rings (SSSR count). The number of anilines is 1. The molecule has 2 amide bonds. The standard InChI is InChI=1S/C22H23Cl2N5O2S/c1-13(2)19(26-21(31)14-7-5-4-6-8-14)20-27-28-22(29(20)3)32-12-18(30)25-17-11-15(23)9-10-16(17)24/h4-11,13,19H,12H2,1-3H3,(H,25,30)(H,26,31)/t19-/m0/s1. The molecule has 0 saturated heterocycles. The molecule has 10 heteroatoms. The first-order valence-corrected chi connectivity index (χ1v) is 11.6. The summed E-state index contributed by atoms with van der Waals surface area (Å²) in [6.07, 6.45) is 0. The van der Waals surface area contributed by atoms with Crippen LogP contribution in [0.15, 0.2) is 53.7 Å². The van der Waals surface area contributed by atoms with Gasteiger partial charge in [0, 0.05) is 17.6 Å². The van der Waals surface area contributed by atoms with Gasteiger partial charge >= 0.3 is 0 Å². The van der Waals surface area contributed by atoms with Gasteiger partial charge in [0.15, 0.2) is 11.0 Å². The Morgan fingerprint density at radius 2 is 1.81 bits per heavy atom. The highest BCUT2D eigenvalue weighted by atomic mass is 35.5. The lowest BCUT2D eigenvalue weighted by atomic mass is 10.0. The number of nitrogens with zero attached hydrogens (tertiary/aromatic N) is 3. The number of thioether (sulfide) groups is 1. The summed E-state index contributed by atoms with van der Waals surface area (Å²) in [4.78, 5) is 25.0. The van der Waals surface area contributed by atoms with Crippen LogP contribution in [0.2, 0.25) is 10.0 Å². The number of halogens is 2. The van der Waals surface area contributed by atoms with E-state index in [2.05, 4.69) is 20.8 Å². The molecule has 0 radical (unpaired) electrons. The lowest BCUT2D eigenvalue weighted by Crippen LogP contribution is -2.33. The van der Waals surface area contributed by atoms with Crippen LogP contribution >= 0.6 is 35.0 Å². The second-order valence-electron chi connectivity index (χ2n) is 7.42. The second kappa shape index (κ2) is 10.8. The van der Waals surface area contributed by atoms with Gasteiger partial charge < -0.3 is 15.2 Å². The van der Waals surface area contributed by atoms with Crippen LogP contribution in [0.4, 0.5) is 5.69 Å². The van der Waals surface area contributed by atoms with Gasteiger partial charge in [-0.25, -0.2) is 0 Å². The summed E-state index contributed by atoms with van der Waals surface area (Å²) in [6.45, 7) is 4.00. The average molecular weight is 492 g/mol. The summed E-state index contributed by atoms with van der Waals surface area (Å²) < 4.78 is 1.79. The van der Waals surface area contributed by atoms with Gasteiger partial charge in [-0.15, -0.1) is 10.2 Å². The zero-order valence-electron chi connectivity index (χ0n) is 17.8. The zero-order chi connectivity index (χ0) is 23.3. The van der Waals surface area contributed by atoms with Crippen LogP contribution < -0.4 is 10.6 Å². The highest BCUT2D eigenvalue weighted by Crippen LogP contribution is 2.27. The van der Waals surface area contributed by atoms with E-state index in [-0.39, 0.29) is 29.5 Å². The van der Waals surface area contributed by atoms with Crippen LogP contribution in [0.25, 0.3) is 0 Å². The fourth-order valence-corrected chi connectivity index (χ4v) is 4.03. The monoisotopic (exact) mass is 491 g/mol. The van der Waals surface area contributed by atoms with Gasteiger partial charge in [0.05, 0.1) is 22.5 Å². The molecule has 7 nitrogen and oxygen atoms in total. The van der Waals surface area contributed by atoms with E-state index in [1.54, 1.807) is 34.9 Å². The van der Waals surface area contributed by atoms with Crippen molar-refractivity contribution in [1.82, 2.24) is 20.1 Å². The van der Waals surface area contributed by atoms with E-state index >= 15 is 0 Å². The molecule has 0 spiro atoms. The normalized spacial score (nSPS) is 11.9. The molecule has 2 N–H and O–H groups in total. The fourth-order valence-electron chi connectivity index (χ4n) is 2.98. The largest absolute Gasteiger partial charge is 0.342 e. The Labute approximate surface area is 200 Å². The number of aromatic nitrogens is 3. The van der Waals surface area contributed by atoms with Crippen molar-refractivity contribution in [3.63, 3.8) is 0 Å². The third-order valence-corrected chi connectivity index (χ3v) is 6.26. The van der Waals surface area contributed by atoms with E-state index in [0.717, 1.165) is 0 Å². The summed E-state index contributed by atoms with van der Waals surface area (Å²) in [6, 6.07) is 13.5. The van der Waals surface area contributed by atoms with Gasteiger partial charge in [-0.05, 0) is 36.2 Å². The Balaban J connectivity index is 1.67. The molecule has 0 saturated carbocycles. The first-order valence-electron chi connectivity index (χ1n) is 9.89. The number of hydrogen-bond donors (Lipinski definition) is 2. The summed E-state index contributed by atoms with van der Waals surface area (Å²) in [5, 5.41) is 15.7. The molecule has 0 aliphatic rings. The summed E-state index contributed by atoms with van der Waals surface area (Å²) in [7, 11) is 1.81. The van der Waals surface area contributed by atoms with Gasteiger partial charge in [-0.3, -0.25) is 9.59 Å². The first kappa shape index (κ1) is 24.1. The maximum atomic E-state index is 12.6. The predicted molar refractivity (Wildman–Crippen MR) is 128 cm³/mol. The van der Waals surface area contributed by atoms with Crippen molar-refractivity contribution in [3.05, 3.63) is 70.0 Å². The molecule has 0 unspecified atom stereocenters. The molecule has 1 aromatic heterocycles. The number of amides is 2. The van der Waals surface area contributed by atoms with E-state index in [9.17, 15) is 9.59 Å². The number of hydrogen-bond acceptors (Lipinski definition) is 5. The minimum absolute atomic E-state index is 0.0803. The molecule has 168 valence electrons. The van der Waals surface area contributed by atoms with Gasteiger partial charge in [0.2, 0.25) is 5.91 Å². The zero-order valence-corrected chi connectivity index (χ0v) is 20.1. The van der Waals surface area contributed by atoms with E-state index in [1.165, 1.54) is 11.8 Å². The molecule has 0 fully saturated rings. The fraction of sp³-hybridized carbons (Fsp3) is 0.273. The van der Waals surface area contributed by atoms with E-state index in [0.29, 0.717) is 32.3 Å². The SMILES string of the molecule is CC(C)[C@H](NC(=O)c1ccccc1)c1nnc(SCC(=O)Nc2cc(Cl)ccc2Cl)n1C. The molecular weight excluding hydrogens is 469 g/mol. The van der Waals surface area contributed by atoms with Gasteiger partial charge in [-0.2, -0.15) is 0 Å². The van der Waals surface area contributed by atoms with Crippen molar-refractivity contribution in [2.24, 2.45) is 13.0 Å². The Morgan fingerprint density at radius 1 is 1.09 bits per heavy atom. The number of nitrogens with one attached hydrogen (secondary N) is 2. The summed E-state index contributed by atoms with van der Waals surface area (Å²) >= 11 is 13.3. The van der Waals surface area contributed by atoms with E-state index in [1.807, 2.05) is 39.1 Å². The van der Waals surface area contributed by atoms with Crippen molar-refractivity contribution in [3.8, 4) is 0 Å². The maximum Gasteiger partial charge on any atom is 0.251 e. The lowest BCUT2D eigenvalue weighted by molar-refractivity contribution is -0.113. The molecule has 0 bridgehead atoms. The van der Waals surface area contributed by atoms with Gasteiger partial charge in [-0.1, -0.05) is 67.0 Å². The Morgan fingerprint density at radius 3 is 2.50 bits per heavy atom.